The number of ether oxygens (including phenoxy) is 1. The number of fused-ring (bicyclic) bond motifs is 4. The number of aromatic nitrogens is 2. The lowest BCUT2D eigenvalue weighted by molar-refractivity contribution is -0.458. The van der Waals surface area contributed by atoms with Gasteiger partial charge >= 0.3 is 0 Å². The van der Waals surface area contributed by atoms with Crippen LogP contribution in [0, 0.1) is 11.3 Å². The average molecular weight is 716 g/mol. The Labute approximate surface area is 322 Å². The Kier molecular flexibility index (Phi) is 8.63. The van der Waals surface area contributed by atoms with Gasteiger partial charge in [0.25, 0.3) is 0 Å². The van der Waals surface area contributed by atoms with E-state index in [1.807, 2.05) is 6.20 Å². The first-order chi connectivity index (χ1) is 25.6. The molecule has 0 spiro atoms. The van der Waals surface area contributed by atoms with Gasteiger partial charge in [-0.25, -0.2) is 14.5 Å². The number of allylic oxidation sites excluding steroid dienone is 3. The van der Waals surface area contributed by atoms with Crippen molar-refractivity contribution in [1.82, 2.24) is 9.55 Å². The van der Waals surface area contributed by atoms with Crippen LogP contribution in [-0.4, -0.2) is 32.5 Å². The van der Waals surface area contributed by atoms with Crippen molar-refractivity contribution in [2.75, 3.05) is 4.90 Å². The molecule has 2 aromatic heterocycles. The molecule has 5 nitrogen and oxygen atoms in total. The molecule has 0 saturated heterocycles. The molecule has 3 aromatic carbocycles. The van der Waals surface area contributed by atoms with Gasteiger partial charge in [0.2, 0.25) is 6.34 Å². The van der Waals surface area contributed by atoms with Gasteiger partial charge < -0.3 is 4.74 Å². The Morgan fingerprint density at radius 2 is 1.44 bits per heavy atom. The summed E-state index contributed by atoms with van der Waals surface area (Å²) in [6, 6.07) is 28.8. The number of nitrogens with zero attached hydrogens (tertiary/aromatic N) is 4. The van der Waals surface area contributed by atoms with Gasteiger partial charge in [-0.3, -0.25) is 4.57 Å². The van der Waals surface area contributed by atoms with Gasteiger partial charge in [0.15, 0.2) is 12.1 Å². The largest absolute Gasteiger partial charge is 0.457 e. The molecule has 5 heteroatoms. The maximum absolute atomic E-state index is 6.75. The zero-order chi connectivity index (χ0) is 38.2. The van der Waals surface area contributed by atoms with E-state index in [1.54, 1.807) is 0 Å². The maximum Gasteiger partial charge on any atom is 0.245 e. The monoisotopic (exact) mass is 715 g/mol. The van der Waals surface area contributed by atoms with E-state index >= 15 is 0 Å². The van der Waals surface area contributed by atoms with Crippen LogP contribution in [0.4, 0.5) is 11.4 Å². The van der Waals surface area contributed by atoms with Gasteiger partial charge in [0.05, 0.1) is 5.52 Å². The van der Waals surface area contributed by atoms with Crippen molar-refractivity contribution >= 4 is 34.7 Å². The Hall–Kier alpha value is -5.16. The maximum atomic E-state index is 6.75. The van der Waals surface area contributed by atoms with Crippen LogP contribution in [0.25, 0.3) is 22.8 Å². The fourth-order valence-electron chi connectivity index (χ4n) is 8.67. The average Bonchev–Trinajstić information content (AvgIpc) is 3.68. The summed E-state index contributed by atoms with van der Waals surface area (Å²) >= 11 is 0. The Morgan fingerprint density at radius 1 is 0.722 bits per heavy atom. The number of hydrogen-bond donors (Lipinski definition) is 0. The minimum atomic E-state index is 0.00342. The second-order valence-corrected chi connectivity index (χ2v) is 18.6. The van der Waals surface area contributed by atoms with Gasteiger partial charge in [-0.2, -0.15) is 0 Å². The van der Waals surface area contributed by atoms with Crippen molar-refractivity contribution in [2.24, 2.45) is 11.3 Å². The molecular weight excluding hydrogens is 661 g/mol. The lowest BCUT2D eigenvalue weighted by Gasteiger charge is -2.36. The first-order valence-corrected chi connectivity index (χ1v) is 19.6. The van der Waals surface area contributed by atoms with Gasteiger partial charge in [-0.15, -0.1) is 0 Å². The second-order valence-electron chi connectivity index (χ2n) is 18.6. The summed E-state index contributed by atoms with van der Waals surface area (Å²) in [5.74, 6) is 3.26. The smallest absolute Gasteiger partial charge is 0.245 e. The van der Waals surface area contributed by atoms with Crippen molar-refractivity contribution in [2.45, 2.75) is 98.1 Å². The zero-order valence-electron chi connectivity index (χ0n) is 33.6. The molecule has 8 rings (SSSR count). The van der Waals surface area contributed by atoms with Crippen LogP contribution in [0.15, 0.2) is 115 Å². The Morgan fingerprint density at radius 3 is 2.20 bits per heavy atom. The van der Waals surface area contributed by atoms with E-state index < -0.39 is 0 Å². The van der Waals surface area contributed by atoms with Gasteiger partial charge in [0, 0.05) is 40.9 Å². The summed E-state index contributed by atoms with van der Waals surface area (Å²) in [5, 5.41) is 1.22. The van der Waals surface area contributed by atoms with E-state index in [2.05, 4.69) is 205 Å². The molecular formula is C49H55N4O+. The van der Waals surface area contributed by atoms with Crippen molar-refractivity contribution in [3.63, 3.8) is 0 Å². The van der Waals surface area contributed by atoms with Crippen molar-refractivity contribution < 1.29 is 9.31 Å². The first kappa shape index (κ1) is 35.8. The zero-order valence-corrected chi connectivity index (χ0v) is 33.6. The fourth-order valence-corrected chi connectivity index (χ4v) is 8.67. The highest BCUT2D eigenvalue weighted by Gasteiger charge is 2.42. The Balaban J connectivity index is 1.18. The van der Waals surface area contributed by atoms with E-state index in [1.165, 1.54) is 33.5 Å². The molecule has 5 aromatic rings. The van der Waals surface area contributed by atoms with E-state index in [4.69, 9.17) is 9.72 Å². The number of hydrogen-bond acceptors (Lipinski definition) is 3. The first-order valence-electron chi connectivity index (χ1n) is 19.6. The van der Waals surface area contributed by atoms with E-state index in [0.29, 0.717) is 11.8 Å². The van der Waals surface area contributed by atoms with Gasteiger partial charge in [-0.1, -0.05) is 112 Å². The van der Waals surface area contributed by atoms with Gasteiger partial charge in [-0.05, 0) is 94.0 Å². The van der Waals surface area contributed by atoms with Crippen LogP contribution in [0.1, 0.15) is 97.5 Å². The van der Waals surface area contributed by atoms with E-state index in [9.17, 15) is 0 Å². The van der Waals surface area contributed by atoms with Crippen LogP contribution in [0.3, 0.4) is 0 Å². The van der Waals surface area contributed by atoms with Crippen LogP contribution in [0.2, 0.25) is 0 Å². The van der Waals surface area contributed by atoms with Crippen molar-refractivity contribution in [3.05, 3.63) is 138 Å². The highest BCUT2D eigenvalue weighted by molar-refractivity contribution is 5.94. The number of rotatable bonds is 5. The molecule has 2 aliphatic carbocycles. The van der Waals surface area contributed by atoms with Crippen molar-refractivity contribution in [1.29, 1.82) is 0 Å². The highest BCUT2D eigenvalue weighted by atomic mass is 16.5. The second kappa shape index (κ2) is 13.0. The third-order valence-electron chi connectivity index (χ3n) is 11.6. The molecule has 276 valence electrons. The van der Waals surface area contributed by atoms with Crippen LogP contribution in [-0.2, 0) is 10.8 Å². The molecule has 3 unspecified atom stereocenters. The predicted octanol–water partition coefficient (Wildman–Crippen LogP) is 12.3. The SMILES string of the molecule is C[C@@H]1c2c(c3ccc(Oc4cccc([N+]5=CN(c6cccc(C(C)(C)C)c6)C6C=CC=CC65)c4)cc3n2-c2cc(C(C)(C)C)ccn2)C=CC1C(C)(C)C. The molecule has 3 heterocycles. The molecule has 0 fully saturated rings. The number of benzene rings is 3. The quantitative estimate of drug-likeness (QED) is 0.170. The normalized spacial score (nSPS) is 21.0. The molecule has 0 saturated carbocycles. The number of anilines is 1. The van der Waals surface area contributed by atoms with E-state index in [-0.39, 0.29) is 28.3 Å². The minimum absolute atomic E-state index is 0.00342. The minimum Gasteiger partial charge on any atom is -0.457 e. The standard InChI is InChI=1S/C49H55N4O/c1-32-41(49(8,9)10)24-23-40-39-22-21-38(30-44(39)53(46(32)40)45-28-34(25-26-50-45)48(5,6)7)54-37-18-14-17-36(29-37)52-31-51(42-19-11-12-20-43(42)52)35-16-13-15-33(27-35)47(2,3)4/h11-32,41-43H,1-10H3/q+1/t32-,41?,42?,43?/m0/s1. The van der Waals surface area contributed by atoms with Crippen LogP contribution in [0.5, 0.6) is 11.5 Å². The third kappa shape index (κ3) is 6.42. The topological polar surface area (TPSA) is 33.3 Å². The molecule has 0 N–H and O–H groups in total. The lowest BCUT2D eigenvalue weighted by Crippen LogP contribution is -2.36. The molecule has 3 aliphatic rings. The summed E-state index contributed by atoms with van der Waals surface area (Å²) < 4.78 is 11.5. The van der Waals surface area contributed by atoms with Crippen LogP contribution >= 0.6 is 0 Å². The third-order valence-corrected chi connectivity index (χ3v) is 11.6. The molecule has 0 radical (unpaired) electrons. The van der Waals surface area contributed by atoms with E-state index in [0.717, 1.165) is 28.5 Å². The molecule has 1 aliphatic heterocycles. The fraction of sp³-hybridized carbons (Fsp3) is 0.347. The Bertz CT molecular complexity index is 2370. The number of pyridine rings is 1. The summed E-state index contributed by atoms with van der Waals surface area (Å²) in [6.45, 7) is 23.0. The lowest BCUT2D eigenvalue weighted by atomic mass is 9.70. The molecule has 54 heavy (non-hydrogen) atoms. The summed E-state index contributed by atoms with van der Waals surface area (Å²) in [7, 11) is 0. The van der Waals surface area contributed by atoms with Crippen molar-refractivity contribution in [3.8, 4) is 17.3 Å². The molecule has 0 amide bonds. The summed E-state index contributed by atoms with van der Waals surface area (Å²) in [6.07, 6.45) is 17.9. The summed E-state index contributed by atoms with van der Waals surface area (Å²) in [5.41, 5.74) is 8.79. The predicted molar refractivity (Wildman–Crippen MR) is 226 cm³/mol. The summed E-state index contributed by atoms with van der Waals surface area (Å²) in [4.78, 5) is 7.40. The van der Waals surface area contributed by atoms with Crippen LogP contribution < -0.4 is 9.64 Å². The molecule has 4 atom stereocenters. The molecule has 0 bridgehead atoms. The van der Waals surface area contributed by atoms with Gasteiger partial charge in [0.1, 0.15) is 28.7 Å². The highest BCUT2D eigenvalue weighted by Crippen LogP contribution is 2.48.